The zero-order chi connectivity index (χ0) is 13.4. The van der Waals surface area contributed by atoms with E-state index in [9.17, 15) is 13.6 Å². The van der Waals surface area contributed by atoms with Crippen molar-refractivity contribution in [1.82, 2.24) is 10.6 Å². The maximum atomic E-state index is 12.1. The molecule has 0 spiro atoms. The first-order valence-corrected chi connectivity index (χ1v) is 6.49. The number of thioether (sulfide) groups is 1. The van der Waals surface area contributed by atoms with Gasteiger partial charge in [-0.3, -0.25) is 4.79 Å². The monoisotopic (exact) mass is 310 g/mol. The molecule has 1 aromatic carbocycles. The lowest BCUT2D eigenvalue weighted by molar-refractivity contribution is 0.0953. The third-order valence-electron chi connectivity index (χ3n) is 2.23. The number of carbonyl (C=O) groups is 1. The number of alkyl halides is 2. The Balaban J connectivity index is 0.00000324. The van der Waals surface area contributed by atoms with E-state index in [1.165, 1.54) is 12.1 Å². The van der Waals surface area contributed by atoms with Gasteiger partial charge in [-0.25, -0.2) is 0 Å². The van der Waals surface area contributed by atoms with E-state index >= 15 is 0 Å². The Bertz CT molecular complexity index is 376. The minimum atomic E-state index is -2.44. The number of hydrogen-bond donors (Lipinski definition) is 2. The van der Waals surface area contributed by atoms with E-state index in [1.54, 1.807) is 12.1 Å². The van der Waals surface area contributed by atoms with Crippen molar-refractivity contribution in [2.75, 3.05) is 20.1 Å². The number of rotatable bonds is 7. The maximum Gasteiger partial charge on any atom is 0.288 e. The summed E-state index contributed by atoms with van der Waals surface area (Å²) in [5, 5.41) is 5.74. The van der Waals surface area contributed by atoms with Crippen molar-refractivity contribution in [2.24, 2.45) is 0 Å². The fraction of sp³-hybridized carbons (Fsp3) is 0.417. The molecule has 0 unspecified atom stereocenters. The molecule has 0 saturated heterocycles. The third-order valence-corrected chi connectivity index (χ3v) is 2.95. The second kappa shape index (κ2) is 10.00. The fourth-order valence-corrected chi connectivity index (χ4v) is 1.86. The zero-order valence-electron chi connectivity index (χ0n) is 10.5. The molecule has 0 bridgehead atoms. The van der Waals surface area contributed by atoms with E-state index in [0.717, 1.165) is 13.0 Å². The Kier molecular flexibility index (Phi) is 9.55. The van der Waals surface area contributed by atoms with Crippen molar-refractivity contribution < 1.29 is 13.6 Å². The molecule has 0 saturated carbocycles. The molecule has 2 N–H and O–H groups in total. The van der Waals surface area contributed by atoms with Gasteiger partial charge in [0.25, 0.3) is 11.7 Å². The minimum absolute atomic E-state index is 0. The molecular weight excluding hydrogens is 294 g/mol. The fourth-order valence-electron chi connectivity index (χ4n) is 1.36. The molecule has 0 aliphatic carbocycles. The van der Waals surface area contributed by atoms with E-state index in [-0.39, 0.29) is 18.3 Å². The molecule has 108 valence electrons. The summed E-state index contributed by atoms with van der Waals surface area (Å²) in [6.45, 7) is 1.43. The van der Waals surface area contributed by atoms with Crippen LogP contribution in [0.15, 0.2) is 29.2 Å². The van der Waals surface area contributed by atoms with Gasteiger partial charge in [-0.05, 0) is 44.3 Å². The molecule has 0 aromatic heterocycles. The Morgan fingerprint density at radius 2 is 1.89 bits per heavy atom. The van der Waals surface area contributed by atoms with Gasteiger partial charge in [-0.2, -0.15) is 8.78 Å². The predicted molar refractivity (Wildman–Crippen MR) is 76.4 cm³/mol. The van der Waals surface area contributed by atoms with Crippen LogP contribution in [-0.4, -0.2) is 31.8 Å². The summed E-state index contributed by atoms with van der Waals surface area (Å²) in [4.78, 5) is 12.1. The van der Waals surface area contributed by atoms with Gasteiger partial charge in [-0.15, -0.1) is 12.4 Å². The van der Waals surface area contributed by atoms with Crippen LogP contribution in [0.1, 0.15) is 16.8 Å². The Labute approximate surface area is 121 Å². The van der Waals surface area contributed by atoms with Crippen LogP contribution in [0.4, 0.5) is 8.78 Å². The number of nitrogens with one attached hydrogen (secondary N) is 2. The van der Waals surface area contributed by atoms with Crippen molar-refractivity contribution >= 4 is 30.1 Å². The highest BCUT2D eigenvalue weighted by atomic mass is 35.5. The molecule has 0 heterocycles. The maximum absolute atomic E-state index is 12.1. The second-order valence-electron chi connectivity index (χ2n) is 3.62. The van der Waals surface area contributed by atoms with Crippen LogP contribution in [0.3, 0.4) is 0 Å². The predicted octanol–water partition coefficient (Wildman–Crippen LogP) is 2.76. The lowest BCUT2D eigenvalue weighted by atomic mass is 10.2. The van der Waals surface area contributed by atoms with Crippen molar-refractivity contribution in [3.8, 4) is 0 Å². The normalized spacial score (nSPS) is 10.1. The molecule has 0 aliphatic rings. The topological polar surface area (TPSA) is 41.1 Å². The number of halogens is 3. The quantitative estimate of drug-likeness (QED) is 0.601. The zero-order valence-corrected chi connectivity index (χ0v) is 12.1. The van der Waals surface area contributed by atoms with Crippen LogP contribution in [-0.2, 0) is 0 Å². The molecule has 0 radical (unpaired) electrons. The summed E-state index contributed by atoms with van der Waals surface area (Å²) in [5.74, 6) is -2.62. The highest BCUT2D eigenvalue weighted by molar-refractivity contribution is 7.99. The summed E-state index contributed by atoms with van der Waals surface area (Å²) in [5.41, 5.74) is 0.484. The summed E-state index contributed by atoms with van der Waals surface area (Å²) >= 11 is 0.470. The highest BCUT2D eigenvalue weighted by Crippen LogP contribution is 2.24. The smallest absolute Gasteiger partial charge is 0.288 e. The number of hydrogen-bond acceptors (Lipinski definition) is 3. The van der Waals surface area contributed by atoms with Crippen LogP contribution < -0.4 is 10.6 Å². The lowest BCUT2D eigenvalue weighted by Crippen LogP contribution is -2.26. The number of amides is 1. The van der Waals surface area contributed by atoms with Crippen molar-refractivity contribution in [2.45, 2.75) is 17.1 Å². The molecular formula is C12H17ClF2N2OS. The average molecular weight is 311 g/mol. The number of carbonyl (C=O) groups excluding carboxylic acids is 1. The van der Waals surface area contributed by atoms with Gasteiger partial charge < -0.3 is 10.6 Å². The summed E-state index contributed by atoms with van der Waals surface area (Å²) < 4.78 is 24.2. The SMILES string of the molecule is CNCCCNC(=O)c1ccc(SC(F)F)cc1.Cl. The van der Waals surface area contributed by atoms with Crippen LogP contribution in [0.5, 0.6) is 0 Å². The Hall–Kier alpha value is -0.850. The Morgan fingerprint density at radius 1 is 1.26 bits per heavy atom. The van der Waals surface area contributed by atoms with Crippen molar-refractivity contribution in [3.63, 3.8) is 0 Å². The molecule has 0 fully saturated rings. The van der Waals surface area contributed by atoms with E-state index < -0.39 is 5.76 Å². The Morgan fingerprint density at radius 3 is 2.42 bits per heavy atom. The van der Waals surface area contributed by atoms with E-state index in [2.05, 4.69) is 10.6 Å². The van der Waals surface area contributed by atoms with E-state index in [0.29, 0.717) is 28.8 Å². The van der Waals surface area contributed by atoms with Crippen LogP contribution in [0, 0.1) is 0 Å². The van der Waals surface area contributed by atoms with Crippen LogP contribution in [0.2, 0.25) is 0 Å². The standard InChI is InChI=1S/C12H16F2N2OS.ClH/c1-15-7-2-8-16-11(17)9-3-5-10(6-4-9)18-12(13)14;/h3-6,12,15H,2,7-8H2,1H3,(H,16,17);1H. The number of benzene rings is 1. The highest BCUT2D eigenvalue weighted by Gasteiger charge is 2.07. The van der Waals surface area contributed by atoms with Crippen LogP contribution >= 0.6 is 24.2 Å². The van der Waals surface area contributed by atoms with Gasteiger partial charge in [0, 0.05) is 17.0 Å². The third kappa shape index (κ3) is 7.34. The first-order chi connectivity index (χ1) is 8.63. The minimum Gasteiger partial charge on any atom is -0.352 e. The molecule has 19 heavy (non-hydrogen) atoms. The summed E-state index contributed by atoms with van der Waals surface area (Å²) in [7, 11) is 1.85. The van der Waals surface area contributed by atoms with Gasteiger partial charge in [0.05, 0.1) is 0 Å². The lowest BCUT2D eigenvalue weighted by Gasteiger charge is -2.06. The van der Waals surface area contributed by atoms with Gasteiger partial charge in [-0.1, -0.05) is 11.8 Å². The molecule has 3 nitrogen and oxygen atoms in total. The van der Waals surface area contributed by atoms with E-state index in [1.807, 2.05) is 7.05 Å². The summed E-state index contributed by atoms with van der Waals surface area (Å²) in [6.07, 6.45) is 0.849. The van der Waals surface area contributed by atoms with E-state index in [4.69, 9.17) is 0 Å². The first-order valence-electron chi connectivity index (χ1n) is 5.61. The molecule has 7 heteroatoms. The van der Waals surface area contributed by atoms with Gasteiger partial charge in [0.2, 0.25) is 0 Å². The first kappa shape index (κ1) is 18.1. The molecule has 0 atom stereocenters. The largest absolute Gasteiger partial charge is 0.352 e. The summed E-state index contributed by atoms with van der Waals surface area (Å²) in [6, 6.07) is 6.16. The molecule has 1 aromatic rings. The van der Waals surface area contributed by atoms with Crippen LogP contribution in [0.25, 0.3) is 0 Å². The van der Waals surface area contributed by atoms with Crippen molar-refractivity contribution in [1.29, 1.82) is 0 Å². The van der Waals surface area contributed by atoms with Gasteiger partial charge >= 0.3 is 0 Å². The molecule has 1 rings (SSSR count). The van der Waals surface area contributed by atoms with Gasteiger partial charge in [0.1, 0.15) is 0 Å². The van der Waals surface area contributed by atoms with Crippen molar-refractivity contribution in [3.05, 3.63) is 29.8 Å². The molecule has 1 amide bonds. The van der Waals surface area contributed by atoms with Gasteiger partial charge in [0.15, 0.2) is 0 Å². The average Bonchev–Trinajstić information content (AvgIpc) is 2.34. The second-order valence-corrected chi connectivity index (χ2v) is 4.68. The molecule has 0 aliphatic heterocycles.